The molecule has 0 aromatic heterocycles. The average Bonchev–Trinajstić information content (AvgIpc) is 2.30. The number of hydrogen-bond acceptors (Lipinski definition) is 4. The maximum atomic E-state index is 13.2. The molecule has 0 saturated carbocycles. The molecule has 5 nitrogen and oxygen atoms in total. The van der Waals surface area contributed by atoms with Gasteiger partial charge in [-0.15, -0.1) is 0 Å². The van der Waals surface area contributed by atoms with E-state index in [2.05, 4.69) is 9.46 Å². The number of halogens is 1. The van der Waals surface area contributed by atoms with Crippen LogP contribution in [0.3, 0.4) is 0 Å². The quantitative estimate of drug-likeness (QED) is 0.831. The molecule has 0 aliphatic rings. The van der Waals surface area contributed by atoms with Crippen LogP contribution in [0.2, 0.25) is 0 Å². The summed E-state index contributed by atoms with van der Waals surface area (Å²) in [6, 6.07) is 3.32. The van der Waals surface area contributed by atoms with E-state index in [1.165, 1.54) is 13.0 Å². The maximum absolute atomic E-state index is 13.2. The van der Waals surface area contributed by atoms with E-state index >= 15 is 0 Å². The van der Waals surface area contributed by atoms with Gasteiger partial charge in [-0.2, -0.15) is 0 Å². The number of benzene rings is 1. The van der Waals surface area contributed by atoms with E-state index in [4.69, 9.17) is 0 Å². The monoisotopic (exact) mass is 261 g/mol. The molecule has 7 heteroatoms. The lowest BCUT2D eigenvalue weighted by Gasteiger charge is -2.07. The predicted octanol–water partition coefficient (Wildman–Crippen LogP) is 1.37. The van der Waals surface area contributed by atoms with Crippen LogP contribution in [0.25, 0.3) is 0 Å². The Bertz CT molecular complexity index is 527. The fraction of sp³-hybridized carbons (Fsp3) is 0.300. The van der Waals surface area contributed by atoms with E-state index in [9.17, 15) is 17.6 Å². The van der Waals surface area contributed by atoms with Crippen molar-refractivity contribution in [3.8, 4) is 0 Å². The molecule has 1 aromatic rings. The van der Waals surface area contributed by atoms with Gasteiger partial charge in [0, 0.05) is 5.69 Å². The van der Waals surface area contributed by atoms with Gasteiger partial charge in [0.15, 0.2) is 0 Å². The first-order chi connectivity index (χ1) is 7.89. The Kier molecular flexibility index (Phi) is 4.06. The second kappa shape index (κ2) is 5.13. The molecule has 0 amide bonds. The molecule has 0 heterocycles. The normalized spacial score (nSPS) is 11.0. The highest BCUT2D eigenvalue weighted by molar-refractivity contribution is 7.92. The number of methoxy groups -OCH3 is 1. The van der Waals surface area contributed by atoms with Gasteiger partial charge in [-0.3, -0.25) is 4.72 Å². The van der Waals surface area contributed by atoms with E-state index < -0.39 is 21.8 Å². The fourth-order valence-electron chi connectivity index (χ4n) is 1.11. The third kappa shape index (κ3) is 3.42. The van der Waals surface area contributed by atoms with Gasteiger partial charge in [0.05, 0.1) is 18.4 Å². The van der Waals surface area contributed by atoms with E-state index in [1.807, 2.05) is 0 Å². The number of nitrogens with one attached hydrogen (secondary N) is 1. The van der Waals surface area contributed by atoms with Gasteiger partial charge in [0.2, 0.25) is 10.0 Å². The first kappa shape index (κ1) is 13.4. The molecule has 1 N–H and O–H groups in total. The number of carbonyl (C=O) groups excluding carboxylic acids is 1. The highest BCUT2D eigenvalue weighted by Crippen LogP contribution is 2.16. The Labute approximate surface area is 98.6 Å². The zero-order chi connectivity index (χ0) is 13.1. The summed E-state index contributed by atoms with van der Waals surface area (Å²) in [5.41, 5.74) is -0.197. The predicted molar refractivity (Wildman–Crippen MR) is 60.8 cm³/mol. The van der Waals surface area contributed by atoms with Crippen molar-refractivity contribution < 1.29 is 22.3 Å². The summed E-state index contributed by atoms with van der Waals surface area (Å²) in [6.07, 6.45) is 0. The molecule has 0 aliphatic heterocycles. The minimum absolute atomic E-state index is 0.113. The fourth-order valence-corrected chi connectivity index (χ4v) is 1.74. The lowest BCUT2D eigenvalue weighted by molar-refractivity contribution is 0.0595. The third-order valence-corrected chi connectivity index (χ3v) is 3.33. The van der Waals surface area contributed by atoms with E-state index in [-0.39, 0.29) is 17.0 Å². The Hall–Kier alpha value is -1.63. The van der Waals surface area contributed by atoms with Crippen LogP contribution in [0, 0.1) is 5.82 Å². The smallest absolute Gasteiger partial charge is 0.340 e. The van der Waals surface area contributed by atoms with Crippen molar-refractivity contribution in [2.75, 3.05) is 17.6 Å². The van der Waals surface area contributed by atoms with Gasteiger partial charge in [-0.05, 0) is 25.1 Å². The molecule has 0 unspecified atom stereocenters. The zero-order valence-corrected chi connectivity index (χ0v) is 10.2. The van der Waals surface area contributed by atoms with Crippen LogP contribution in [0.4, 0.5) is 10.1 Å². The number of rotatable bonds is 4. The van der Waals surface area contributed by atoms with Crippen LogP contribution in [0.5, 0.6) is 0 Å². The molecule has 0 atom stereocenters. The summed E-state index contributed by atoms with van der Waals surface area (Å²) in [5, 5.41) is 0. The largest absolute Gasteiger partial charge is 0.465 e. The number of anilines is 1. The minimum Gasteiger partial charge on any atom is -0.465 e. The molecule has 0 aliphatic carbocycles. The first-order valence-corrected chi connectivity index (χ1v) is 6.43. The van der Waals surface area contributed by atoms with Crippen LogP contribution in [0.1, 0.15) is 17.3 Å². The van der Waals surface area contributed by atoms with Crippen LogP contribution < -0.4 is 4.72 Å². The number of carbonyl (C=O) groups is 1. The maximum Gasteiger partial charge on any atom is 0.340 e. The topological polar surface area (TPSA) is 72.5 Å². The summed E-state index contributed by atoms with van der Waals surface area (Å²) in [4.78, 5) is 11.2. The summed E-state index contributed by atoms with van der Waals surface area (Å²) in [6.45, 7) is 1.47. The summed E-state index contributed by atoms with van der Waals surface area (Å²) >= 11 is 0. The zero-order valence-electron chi connectivity index (χ0n) is 9.36. The highest BCUT2D eigenvalue weighted by atomic mass is 32.2. The van der Waals surface area contributed by atoms with Crippen molar-refractivity contribution in [1.82, 2.24) is 0 Å². The molecule has 0 fully saturated rings. The molecular formula is C10H12FNO4S. The van der Waals surface area contributed by atoms with E-state index in [1.54, 1.807) is 0 Å². The number of hydrogen-bond donors (Lipinski definition) is 1. The Balaban J connectivity index is 3.09. The molecule has 0 spiro atoms. The van der Waals surface area contributed by atoms with Crippen LogP contribution in [-0.2, 0) is 14.8 Å². The number of sulfonamides is 1. The summed E-state index contributed by atoms with van der Waals surface area (Å²) in [7, 11) is -2.34. The highest BCUT2D eigenvalue weighted by Gasteiger charge is 2.14. The van der Waals surface area contributed by atoms with Gasteiger partial charge in [0.25, 0.3) is 0 Å². The molecule has 94 valence electrons. The SMILES string of the molecule is CCS(=O)(=O)Nc1ccc(F)c(C(=O)OC)c1. The molecular weight excluding hydrogens is 249 g/mol. The van der Waals surface area contributed by atoms with Crippen LogP contribution in [0.15, 0.2) is 18.2 Å². The summed E-state index contributed by atoms with van der Waals surface area (Å²) in [5.74, 6) is -1.74. The van der Waals surface area contributed by atoms with Crippen molar-refractivity contribution >= 4 is 21.7 Å². The van der Waals surface area contributed by atoms with Crippen molar-refractivity contribution in [3.63, 3.8) is 0 Å². The number of esters is 1. The van der Waals surface area contributed by atoms with E-state index in [0.29, 0.717) is 0 Å². The van der Waals surface area contributed by atoms with Gasteiger partial charge >= 0.3 is 5.97 Å². The van der Waals surface area contributed by atoms with Crippen molar-refractivity contribution in [1.29, 1.82) is 0 Å². The van der Waals surface area contributed by atoms with Crippen LogP contribution >= 0.6 is 0 Å². The molecule has 0 saturated heterocycles. The van der Waals surface area contributed by atoms with Crippen molar-refractivity contribution in [2.24, 2.45) is 0 Å². The van der Waals surface area contributed by atoms with Crippen LogP contribution in [-0.4, -0.2) is 27.2 Å². The third-order valence-electron chi connectivity index (χ3n) is 2.03. The van der Waals surface area contributed by atoms with Crippen molar-refractivity contribution in [2.45, 2.75) is 6.92 Å². The molecule has 17 heavy (non-hydrogen) atoms. The molecule has 1 rings (SSSR count). The Morgan fingerprint density at radius 3 is 2.65 bits per heavy atom. The first-order valence-electron chi connectivity index (χ1n) is 4.78. The van der Waals surface area contributed by atoms with Gasteiger partial charge < -0.3 is 4.74 Å². The van der Waals surface area contributed by atoms with Gasteiger partial charge in [-0.1, -0.05) is 0 Å². The number of ether oxygens (including phenoxy) is 1. The Morgan fingerprint density at radius 2 is 2.12 bits per heavy atom. The Morgan fingerprint density at radius 1 is 1.47 bits per heavy atom. The lowest BCUT2D eigenvalue weighted by atomic mass is 10.2. The van der Waals surface area contributed by atoms with Gasteiger partial charge in [0.1, 0.15) is 5.82 Å². The van der Waals surface area contributed by atoms with E-state index in [0.717, 1.165) is 19.2 Å². The molecule has 0 radical (unpaired) electrons. The molecule has 1 aromatic carbocycles. The molecule has 0 bridgehead atoms. The minimum atomic E-state index is -3.46. The lowest BCUT2D eigenvalue weighted by Crippen LogP contribution is -2.15. The average molecular weight is 261 g/mol. The standard InChI is InChI=1S/C10H12FNO4S/c1-3-17(14,15)12-7-4-5-9(11)8(6-7)10(13)16-2/h4-6,12H,3H2,1-2H3. The van der Waals surface area contributed by atoms with Gasteiger partial charge in [-0.25, -0.2) is 17.6 Å². The second-order valence-corrected chi connectivity index (χ2v) is 5.20. The van der Waals surface area contributed by atoms with Crippen molar-refractivity contribution in [3.05, 3.63) is 29.6 Å². The second-order valence-electron chi connectivity index (χ2n) is 3.19. The summed E-state index contributed by atoms with van der Waals surface area (Å²) < 4.78 is 42.4.